The Bertz CT molecular complexity index is 1600. The third kappa shape index (κ3) is 4.18. The average Bonchev–Trinajstić information content (AvgIpc) is 3.64. The van der Waals surface area contributed by atoms with Crippen LogP contribution in [0.4, 0.5) is 11.9 Å². The maximum absolute atomic E-state index is 12.1. The molecule has 2 aliphatic rings. The zero-order chi connectivity index (χ0) is 26.6. The fourth-order valence-corrected chi connectivity index (χ4v) is 4.77. The molecule has 0 amide bonds. The van der Waals surface area contributed by atoms with Crippen molar-refractivity contribution in [2.45, 2.75) is 49.7 Å². The Morgan fingerprint density at radius 2 is 1.53 bits per heavy atom. The molecule has 0 saturated carbocycles. The SMILES string of the molecule is Nc1nc2c(ncn2[C@H]2C[C@H](ONC[C@H]3O[C@@H](n4cnc5c(=O)[nH]c(N)nc54)C[C@@H]3O)[C@@H](CO)O2)c(=O)[nH]1. The van der Waals surface area contributed by atoms with Crippen molar-refractivity contribution in [3.05, 3.63) is 33.4 Å². The number of nitrogens with two attached hydrogens (primary N) is 2. The van der Waals surface area contributed by atoms with Crippen molar-refractivity contribution in [2.24, 2.45) is 0 Å². The number of aromatic amines is 2. The summed E-state index contributed by atoms with van der Waals surface area (Å²) < 4.78 is 15.0. The lowest BCUT2D eigenvalue weighted by molar-refractivity contribution is -0.104. The minimum Gasteiger partial charge on any atom is -0.394 e. The second-order valence-corrected chi connectivity index (χ2v) is 9.03. The number of hydrogen-bond donors (Lipinski definition) is 7. The van der Waals surface area contributed by atoms with Gasteiger partial charge in [0, 0.05) is 19.4 Å². The lowest BCUT2D eigenvalue weighted by Gasteiger charge is -2.20. The fraction of sp³-hybridized carbons (Fsp3) is 0.500. The molecule has 38 heavy (non-hydrogen) atoms. The molecule has 4 aromatic heterocycles. The van der Waals surface area contributed by atoms with Crippen molar-refractivity contribution in [3.63, 3.8) is 0 Å². The zero-order valence-electron chi connectivity index (χ0n) is 19.7. The number of ether oxygens (including phenoxy) is 2. The van der Waals surface area contributed by atoms with Gasteiger partial charge in [-0.15, -0.1) is 0 Å². The van der Waals surface area contributed by atoms with E-state index in [0.717, 1.165) is 0 Å². The molecule has 2 fully saturated rings. The van der Waals surface area contributed by atoms with E-state index in [9.17, 15) is 19.8 Å². The van der Waals surface area contributed by atoms with E-state index in [4.69, 9.17) is 25.8 Å². The van der Waals surface area contributed by atoms with Crippen LogP contribution in [0.3, 0.4) is 0 Å². The summed E-state index contributed by atoms with van der Waals surface area (Å²) in [4.78, 5) is 51.1. The summed E-state index contributed by atoms with van der Waals surface area (Å²) in [5.41, 5.74) is 13.9. The van der Waals surface area contributed by atoms with Crippen molar-refractivity contribution in [2.75, 3.05) is 24.6 Å². The van der Waals surface area contributed by atoms with Gasteiger partial charge in [0.1, 0.15) is 30.8 Å². The molecule has 2 aliphatic heterocycles. The molecule has 0 radical (unpaired) electrons. The molecule has 202 valence electrons. The lowest BCUT2D eigenvalue weighted by atomic mass is 10.2. The number of imidazole rings is 2. The van der Waals surface area contributed by atoms with Gasteiger partial charge in [-0.3, -0.25) is 33.5 Å². The minimum atomic E-state index is -0.846. The Morgan fingerprint density at radius 1 is 0.974 bits per heavy atom. The van der Waals surface area contributed by atoms with Crippen molar-refractivity contribution < 1.29 is 24.5 Å². The number of aliphatic hydroxyl groups excluding tert-OH is 2. The van der Waals surface area contributed by atoms with Crippen LogP contribution in [0.25, 0.3) is 22.3 Å². The highest BCUT2D eigenvalue weighted by atomic mass is 16.7. The van der Waals surface area contributed by atoms with Crippen LogP contribution >= 0.6 is 0 Å². The second kappa shape index (κ2) is 9.42. The van der Waals surface area contributed by atoms with E-state index >= 15 is 0 Å². The van der Waals surface area contributed by atoms with Gasteiger partial charge in [-0.1, -0.05) is 0 Å². The molecule has 0 aliphatic carbocycles. The predicted molar refractivity (Wildman–Crippen MR) is 128 cm³/mol. The summed E-state index contributed by atoms with van der Waals surface area (Å²) in [6.45, 7) is -0.208. The third-order valence-electron chi connectivity index (χ3n) is 6.61. The van der Waals surface area contributed by atoms with Gasteiger partial charge in [0.05, 0.1) is 25.4 Å². The predicted octanol–water partition coefficient (Wildman–Crippen LogP) is -2.76. The van der Waals surface area contributed by atoms with Gasteiger partial charge in [0.15, 0.2) is 22.3 Å². The first-order valence-corrected chi connectivity index (χ1v) is 11.8. The van der Waals surface area contributed by atoms with Crippen LogP contribution in [-0.2, 0) is 14.3 Å². The van der Waals surface area contributed by atoms with Crippen LogP contribution < -0.4 is 28.1 Å². The maximum Gasteiger partial charge on any atom is 0.280 e. The van der Waals surface area contributed by atoms with Crippen molar-refractivity contribution in [1.82, 2.24) is 44.5 Å². The summed E-state index contributed by atoms with van der Waals surface area (Å²) in [6, 6.07) is 0. The van der Waals surface area contributed by atoms with Gasteiger partial charge in [-0.05, 0) is 0 Å². The standard InChI is InChI=1S/C20H25N11O7/c21-19-26-15-13(17(34)28-19)23-5-30(15)11-1-7(33)9(36-11)3-25-38-8-2-12(37-10(8)4-32)31-6-24-14-16(31)27-20(22)29-18(14)35/h5-12,25,32-33H,1-4H2,(H3,21,26,28,34)(H3,22,27,29,35)/t7-,8-,9+,10+,11+,12+/m0/s1. The van der Waals surface area contributed by atoms with Crippen LogP contribution in [0, 0.1) is 0 Å². The van der Waals surface area contributed by atoms with Crippen LogP contribution in [0.2, 0.25) is 0 Å². The van der Waals surface area contributed by atoms with Gasteiger partial charge >= 0.3 is 0 Å². The van der Waals surface area contributed by atoms with Gasteiger partial charge in [-0.25, -0.2) is 9.97 Å². The molecule has 0 bridgehead atoms. The fourth-order valence-electron chi connectivity index (χ4n) is 4.77. The zero-order valence-corrected chi connectivity index (χ0v) is 19.7. The first kappa shape index (κ1) is 24.4. The molecule has 18 nitrogen and oxygen atoms in total. The van der Waals surface area contributed by atoms with Crippen LogP contribution in [0.15, 0.2) is 22.2 Å². The van der Waals surface area contributed by atoms with Gasteiger partial charge < -0.3 is 31.2 Å². The number of anilines is 2. The minimum absolute atomic E-state index is 0.0559. The molecule has 9 N–H and O–H groups in total. The third-order valence-corrected chi connectivity index (χ3v) is 6.61. The molecule has 6 atom stereocenters. The smallest absolute Gasteiger partial charge is 0.280 e. The van der Waals surface area contributed by atoms with Gasteiger partial charge in [0.25, 0.3) is 11.1 Å². The first-order valence-electron chi connectivity index (χ1n) is 11.8. The van der Waals surface area contributed by atoms with E-state index in [-0.39, 0.29) is 53.8 Å². The highest BCUT2D eigenvalue weighted by Crippen LogP contribution is 2.33. The molecule has 6 heterocycles. The van der Waals surface area contributed by atoms with Crippen molar-refractivity contribution in [3.8, 4) is 0 Å². The summed E-state index contributed by atoms with van der Waals surface area (Å²) >= 11 is 0. The monoisotopic (exact) mass is 531 g/mol. The molecule has 0 aromatic carbocycles. The Balaban J connectivity index is 1.10. The number of aromatic nitrogens is 8. The maximum atomic E-state index is 12.1. The number of nitrogens with one attached hydrogen (secondary N) is 3. The Labute approximate surface area is 211 Å². The highest BCUT2D eigenvalue weighted by Gasteiger charge is 2.39. The lowest BCUT2D eigenvalue weighted by Crippen LogP contribution is -2.39. The van der Waals surface area contributed by atoms with Crippen molar-refractivity contribution in [1.29, 1.82) is 0 Å². The van der Waals surface area contributed by atoms with E-state index in [1.54, 1.807) is 9.13 Å². The highest BCUT2D eigenvalue weighted by molar-refractivity contribution is 5.71. The first-order chi connectivity index (χ1) is 18.3. The quantitative estimate of drug-likeness (QED) is 0.119. The van der Waals surface area contributed by atoms with Crippen LogP contribution in [0.1, 0.15) is 25.3 Å². The number of nitrogen functional groups attached to an aromatic ring is 2. The number of rotatable bonds is 7. The average molecular weight is 531 g/mol. The number of H-pyrrole nitrogens is 2. The molecule has 2 saturated heterocycles. The Kier molecular flexibility index (Phi) is 6.05. The number of nitrogens with zero attached hydrogens (tertiary/aromatic N) is 6. The van der Waals surface area contributed by atoms with Crippen LogP contribution in [-0.4, -0.2) is 86.8 Å². The summed E-state index contributed by atoms with van der Waals surface area (Å²) in [7, 11) is 0. The normalized spacial score (nSPS) is 27.6. The Hall–Kier alpha value is -3.94. The molecule has 4 aromatic rings. The molecule has 0 spiro atoms. The summed E-state index contributed by atoms with van der Waals surface area (Å²) in [6.07, 6.45) is -0.647. The van der Waals surface area contributed by atoms with Gasteiger partial charge in [0.2, 0.25) is 11.9 Å². The molecular formula is C20H25N11O7. The largest absolute Gasteiger partial charge is 0.394 e. The second-order valence-electron chi connectivity index (χ2n) is 9.03. The van der Waals surface area contributed by atoms with E-state index in [1.807, 2.05) is 0 Å². The van der Waals surface area contributed by atoms with Crippen LogP contribution in [0.5, 0.6) is 0 Å². The molecular weight excluding hydrogens is 506 g/mol. The number of hydrogen-bond acceptors (Lipinski definition) is 14. The van der Waals surface area contributed by atoms with E-state index in [1.165, 1.54) is 12.7 Å². The Morgan fingerprint density at radius 3 is 2.11 bits per heavy atom. The molecule has 18 heteroatoms. The molecule has 6 rings (SSSR count). The van der Waals surface area contributed by atoms with E-state index in [2.05, 4.69) is 35.4 Å². The summed E-state index contributed by atoms with van der Waals surface area (Å²) in [5, 5.41) is 20.4. The number of aliphatic hydroxyl groups is 2. The number of fused-ring (bicyclic) bond motifs is 2. The molecule has 0 unspecified atom stereocenters. The summed E-state index contributed by atoms with van der Waals surface area (Å²) in [5.74, 6) is -0.113. The number of hydroxylamine groups is 1. The van der Waals surface area contributed by atoms with Crippen molar-refractivity contribution >= 4 is 34.2 Å². The topological polar surface area (TPSA) is 259 Å². The van der Waals surface area contributed by atoms with E-state index in [0.29, 0.717) is 6.42 Å². The van der Waals surface area contributed by atoms with E-state index < -0.39 is 48.0 Å². The van der Waals surface area contributed by atoms with Gasteiger partial charge in [-0.2, -0.15) is 15.4 Å².